The second-order valence-corrected chi connectivity index (χ2v) is 3.62. The van der Waals surface area contributed by atoms with Crippen LogP contribution in [0.25, 0.3) is 0 Å². The van der Waals surface area contributed by atoms with E-state index in [4.69, 9.17) is 9.84 Å². The van der Waals surface area contributed by atoms with Gasteiger partial charge in [-0.2, -0.15) is 0 Å². The van der Waals surface area contributed by atoms with Gasteiger partial charge in [0, 0.05) is 13.2 Å². The van der Waals surface area contributed by atoms with Crippen LogP contribution >= 0.6 is 0 Å². The van der Waals surface area contributed by atoms with Crippen molar-refractivity contribution < 1.29 is 20.1 Å². The lowest BCUT2D eigenvalue weighted by atomic mass is 9.96. The van der Waals surface area contributed by atoms with Gasteiger partial charge in [0.1, 0.15) is 5.60 Å². The van der Waals surface area contributed by atoms with Gasteiger partial charge in [-0.15, -0.1) is 0 Å². The molecule has 2 atom stereocenters. The molecule has 4 heteroatoms. The number of ether oxygens (including phenoxy) is 1. The molecular formula is C10H22O4. The van der Waals surface area contributed by atoms with Crippen molar-refractivity contribution in [3.05, 3.63) is 0 Å². The van der Waals surface area contributed by atoms with E-state index >= 15 is 0 Å². The van der Waals surface area contributed by atoms with Gasteiger partial charge >= 0.3 is 0 Å². The molecule has 0 aliphatic heterocycles. The number of unbranched alkanes of at least 4 members (excludes halogenated alkanes) is 1. The lowest BCUT2D eigenvalue weighted by molar-refractivity contribution is -0.116. The molecule has 0 radical (unpaired) electrons. The second kappa shape index (κ2) is 7.17. The zero-order valence-electron chi connectivity index (χ0n) is 9.07. The van der Waals surface area contributed by atoms with Crippen molar-refractivity contribution in [1.82, 2.24) is 0 Å². The Balaban J connectivity index is 3.63. The molecule has 0 rings (SSSR count). The normalized spacial score (nSPS) is 17.8. The van der Waals surface area contributed by atoms with Crippen LogP contribution in [0.15, 0.2) is 0 Å². The summed E-state index contributed by atoms with van der Waals surface area (Å²) < 4.78 is 5.23. The van der Waals surface area contributed by atoms with Crippen LogP contribution in [0, 0.1) is 0 Å². The summed E-state index contributed by atoms with van der Waals surface area (Å²) in [5.74, 6) is 0. The van der Waals surface area contributed by atoms with Crippen LogP contribution < -0.4 is 0 Å². The molecule has 86 valence electrons. The van der Waals surface area contributed by atoms with Crippen LogP contribution in [0.1, 0.15) is 33.1 Å². The fourth-order valence-corrected chi connectivity index (χ4v) is 1.08. The summed E-state index contributed by atoms with van der Waals surface area (Å²) >= 11 is 0. The molecule has 0 fully saturated rings. The van der Waals surface area contributed by atoms with Crippen LogP contribution in [0.4, 0.5) is 0 Å². The van der Waals surface area contributed by atoms with E-state index in [-0.39, 0.29) is 13.2 Å². The third kappa shape index (κ3) is 4.91. The topological polar surface area (TPSA) is 69.9 Å². The van der Waals surface area contributed by atoms with Crippen molar-refractivity contribution in [2.24, 2.45) is 0 Å². The van der Waals surface area contributed by atoms with Gasteiger partial charge < -0.3 is 20.1 Å². The van der Waals surface area contributed by atoms with E-state index in [1.165, 1.54) is 0 Å². The molecule has 0 aromatic heterocycles. The number of aliphatic hydroxyl groups is 3. The van der Waals surface area contributed by atoms with Crippen LogP contribution in [0.3, 0.4) is 0 Å². The molecular weight excluding hydrogens is 184 g/mol. The monoisotopic (exact) mass is 206 g/mol. The SMILES string of the molecule is CCC(O)(COCCCCO)C(C)O. The van der Waals surface area contributed by atoms with E-state index < -0.39 is 11.7 Å². The second-order valence-electron chi connectivity index (χ2n) is 3.62. The zero-order valence-corrected chi connectivity index (χ0v) is 9.07. The van der Waals surface area contributed by atoms with Crippen molar-refractivity contribution in [3.63, 3.8) is 0 Å². The molecule has 0 aliphatic rings. The van der Waals surface area contributed by atoms with E-state index in [9.17, 15) is 10.2 Å². The molecule has 0 saturated carbocycles. The highest BCUT2D eigenvalue weighted by atomic mass is 16.5. The highest BCUT2D eigenvalue weighted by Gasteiger charge is 2.30. The van der Waals surface area contributed by atoms with Crippen LogP contribution in [-0.2, 0) is 4.74 Å². The summed E-state index contributed by atoms with van der Waals surface area (Å²) in [4.78, 5) is 0. The fraction of sp³-hybridized carbons (Fsp3) is 1.00. The molecule has 0 aromatic rings. The van der Waals surface area contributed by atoms with E-state index in [2.05, 4.69) is 0 Å². The first-order chi connectivity index (χ1) is 6.56. The average Bonchev–Trinajstić information content (AvgIpc) is 2.17. The molecule has 0 bridgehead atoms. The van der Waals surface area contributed by atoms with Crippen molar-refractivity contribution in [2.75, 3.05) is 19.8 Å². The largest absolute Gasteiger partial charge is 0.396 e. The predicted octanol–water partition coefficient (Wildman–Crippen LogP) is 0.297. The third-order valence-electron chi connectivity index (χ3n) is 2.44. The minimum absolute atomic E-state index is 0.145. The van der Waals surface area contributed by atoms with Crippen molar-refractivity contribution in [3.8, 4) is 0 Å². The van der Waals surface area contributed by atoms with Crippen molar-refractivity contribution in [2.45, 2.75) is 44.8 Å². The Hall–Kier alpha value is -0.160. The summed E-state index contributed by atoms with van der Waals surface area (Å²) in [5, 5.41) is 27.6. The maximum atomic E-state index is 9.83. The Morgan fingerprint density at radius 2 is 2.00 bits per heavy atom. The Bertz CT molecular complexity index is 138. The number of hydrogen-bond acceptors (Lipinski definition) is 4. The standard InChI is InChI=1S/C10H22O4/c1-3-10(13,9(2)12)8-14-7-5-4-6-11/h9,11-13H,3-8H2,1-2H3. The van der Waals surface area contributed by atoms with Crippen LogP contribution in [0.5, 0.6) is 0 Å². The van der Waals surface area contributed by atoms with Crippen LogP contribution in [-0.4, -0.2) is 46.8 Å². The van der Waals surface area contributed by atoms with Crippen molar-refractivity contribution >= 4 is 0 Å². The molecule has 3 N–H and O–H groups in total. The smallest absolute Gasteiger partial charge is 0.113 e. The summed E-state index contributed by atoms with van der Waals surface area (Å²) in [6.45, 7) is 4.18. The first-order valence-corrected chi connectivity index (χ1v) is 5.16. The quantitative estimate of drug-likeness (QED) is 0.499. The summed E-state index contributed by atoms with van der Waals surface area (Å²) in [7, 11) is 0. The number of aliphatic hydroxyl groups excluding tert-OH is 2. The minimum atomic E-state index is -1.14. The Kier molecular flexibility index (Phi) is 7.09. The van der Waals surface area contributed by atoms with Gasteiger partial charge in [-0.05, 0) is 26.2 Å². The molecule has 14 heavy (non-hydrogen) atoms. The predicted molar refractivity (Wildman–Crippen MR) is 54.1 cm³/mol. The summed E-state index contributed by atoms with van der Waals surface area (Å²) in [6.07, 6.45) is 1.16. The first-order valence-electron chi connectivity index (χ1n) is 5.16. The van der Waals surface area contributed by atoms with Gasteiger partial charge in [-0.3, -0.25) is 0 Å². The molecule has 0 spiro atoms. The Labute approximate surface area is 85.5 Å². The summed E-state index contributed by atoms with van der Waals surface area (Å²) in [5.41, 5.74) is -1.14. The number of rotatable bonds is 8. The van der Waals surface area contributed by atoms with Gasteiger partial charge in [0.2, 0.25) is 0 Å². The lowest BCUT2D eigenvalue weighted by Gasteiger charge is -2.29. The lowest BCUT2D eigenvalue weighted by Crippen LogP contribution is -2.44. The van der Waals surface area contributed by atoms with E-state index in [1.807, 2.05) is 6.92 Å². The van der Waals surface area contributed by atoms with Crippen molar-refractivity contribution in [1.29, 1.82) is 0 Å². The third-order valence-corrected chi connectivity index (χ3v) is 2.44. The average molecular weight is 206 g/mol. The number of hydrogen-bond donors (Lipinski definition) is 3. The van der Waals surface area contributed by atoms with Gasteiger partial charge in [0.25, 0.3) is 0 Å². The fourth-order valence-electron chi connectivity index (χ4n) is 1.08. The Morgan fingerprint density at radius 3 is 2.43 bits per heavy atom. The van der Waals surface area contributed by atoms with E-state index in [1.54, 1.807) is 6.92 Å². The first kappa shape index (κ1) is 13.8. The van der Waals surface area contributed by atoms with Gasteiger partial charge in [-0.25, -0.2) is 0 Å². The van der Waals surface area contributed by atoms with Gasteiger partial charge in [-0.1, -0.05) is 6.92 Å². The molecule has 0 saturated heterocycles. The Morgan fingerprint density at radius 1 is 1.36 bits per heavy atom. The minimum Gasteiger partial charge on any atom is -0.396 e. The van der Waals surface area contributed by atoms with Gasteiger partial charge in [0.05, 0.1) is 12.7 Å². The van der Waals surface area contributed by atoms with E-state index in [0.717, 1.165) is 6.42 Å². The van der Waals surface area contributed by atoms with Gasteiger partial charge in [0.15, 0.2) is 0 Å². The molecule has 0 amide bonds. The molecule has 4 nitrogen and oxygen atoms in total. The molecule has 0 heterocycles. The highest BCUT2D eigenvalue weighted by Crippen LogP contribution is 2.15. The molecule has 2 unspecified atom stereocenters. The maximum Gasteiger partial charge on any atom is 0.113 e. The molecule has 0 aromatic carbocycles. The van der Waals surface area contributed by atoms with Crippen LogP contribution in [0.2, 0.25) is 0 Å². The molecule has 0 aliphatic carbocycles. The maximum absolute atomic E-state index is 9.83. The highest BCUT2D eigenvalue weighted by molar-refractivity contribution is 4.81. The zero-order chi connectivity index (χ0) is 11.0. The summed E-state index contributed by atoms with van der Waals surface area (Å²) in [6, 6.07) is 0. The van der Waals surface area contributed by atoms with E-state index in [0.29, 0.717) is 19.4 Å².